The van der Waals surface area contributed by atoms with Gasteiger partial charge in [-0.1, -0.05) is 48.5 Å². The maximum atomic E-state index is 5.68. The van der Waals surface area contributed by atoms with Crippen LogP contribution in [0.25, 0.3) is 0 Å². The number of hydrogen-bond donors (Lipinski definition) is 0. The maximum Gasteiger partial charge on any atom is 0.122 e. The Morgan fingerprint density at radius 2 is 1.67 bits per heavy atom. The van der Waals surface area contributed by atoms with E-state index in [1.54, 1.807) is 0 Å². The fraction of sp³-hybridized carbons (Fsp3) is 0.208. The molecule has 1 atom stereocenters. The third kappa shape index (κ3) is 3.59. The Balaban J connectivity index is 1.71. The molecule has 136 valence electrons. The summed E-state index contributed by atoms with van der Waals surface area (Å²) in [7, 11) is 0. The number of anilines is 1. The lowest BCUT2D eigenvalue weighted by molar-refractivity contribution is 0.338. The molecule has 0 N–H and O–H groups in total. The highest BCUT2D eigenvalue weighted by atomic mass is 16.5. The molecule has 1 unspecified atom stereocenters. The van der Waals surface area contributed by atoms with Crippen LogP contribution >= 0.6 is 0 Å². The van der Waals surface area contributed by atoms with E-state index in [9.17, 15) is 0 Å². The highest BCUT2D eigenvalue weighted by molar-refractivity contribution is 6.03. The van der Waals surface area contributed by atoms with Gasteiger partial charge in [-0.05, 0) is 60.9 Å². The Labute approximate surface area is 160 Å². The van der Waals surface area contributed by atoms with Gasteiger partial charge in [0, 0.05) is 6.42 Å². The lowest BCUT2D eigenvalue weighted by Crippen LogP contribution is -2.18. The Kier molecular flexibility index (Phi) is 4.93. The molecule has 0 bridgehead atoms. The number of nitrogens with zero attached hydrogens (tertiary/aromatic N) is 2. The van der Waals surface area contributed by atoms with E-state index >= 15 is 0 Å². The SMILES string of the molecule is CCOc1ccc(C2=NN(c3ccccc3)C(c3ccccc3)C2)cc1C. The molecule has 27 heavy (non-hydrogen) atoms. The van der Waals surface area contributed by atoms with Crippen molar-refractivity contribution in [3.63, 3.8) is 0 Å². The Morgan fingerprint density at radius 1 is 0.963 bits per heavy atom. The number of benzene rings is 3. The van der Waals surface area contributed by atoms with Crippen LogP contribution in [-0.2, 0) is 0 Å². The van der Waals surface area contributed by atoms with Crippen LogP contribution in [0.3, 0.4) is 0 Å². The molecule has 3 aromatic rings. The minimum Gasteiger partial charge on any atom is -0.494 e. The average molecular weight is 356 g/mol. The third-order valence-corrected chi connectivity index (χ3v) is 4.92. The van der Waals surface area contributed by atoms with Gasteiger partial charge in [-0.3, -0.25) is 5.01 Å². The minimum absolute atomic E-state index is 0.204. The zero-order chi connectivity index (χ0) is 18.6. The van der Waals surface area contributed by atoms with Gasteiger partial charge in [-0.15, -0.1) is 0 Å². The molecule has 0 fully saturated rings. The van der Waals surface area contributed by atoms with Crippen LogP contribution in [0, 0.1) is 6.92 Å². The first kappa shape index (κ1) is 17.3. The fourth-order valence-electron chi connectivity index (χ4n) is 3.58. The lowest BCUT2D eigenvalue weighted by atomic mass is 9.97. The van der Waals surface area contributed by atoms with E-state index < -0.39 is 0 Å². The molecule has 1 heterocycles. The topological polar surface area (TPSA) is 24.8 Å². The summed E-state index contributed by atoms with van der Waals surface area (Å²) < 4.78 is 5.68. The molecular formula is C24H24N2O. The van der Waals surface area contributed by atoms with Gasteiger partial charge in [-0.2, -0.15) is 5.10 Å². The van der Waals surface area contributed by atoms with Crippen LogP contribution in [-0.4, -0.2) is 12.3 Å². The predicted octanol–water partition coefficient (Wildman–Crippen LogP) is 5.75. The van der Waals surface area contributed by atoms with Crippen LogP contribution in [0.15, 0.2) is 84.0 Å². The Bertz CT molecular complexity index is 935. The maximum absolute atomic E-state index is 5.68. The number of ether oxygens (including phenoxy) is 1. The fourth-order valence-corrected chi connectivity index (χ4v) is 3.58. The van der Waals surface area contributed by atoms with Crippen molar-refractivity contribution in [3.05, 3.63) is 95.6 Å². The Hall–Kier alpha value is -3.07. The Morgan fingerprint density at radius 3 is 2.33 bits per heavy atom. The van der Waals surface area contributed by atoms with Gasteiger partial charge in [0.25, 0.3) is 0 Å². The number of hydrazone groups is 1. The van der Waals surface area contributed by atoms with Gasteiger partial charge in [0.05, 0.1) is 24.0 Å². The van der Waals surface area contributed by atoms with Crippen molar-refractivity contribution in [2.24, 2.45) is 5.10 Å². The minimum atomic E-state index is 0.204. The number of rotatable bonds is 5. The van der Waals surface area contributed by atoms with Crippen molar-refractivity contribution in [3.8, 4) is 5.75 Å². The first-order valence-corrected chi connectivity index (χ1v) is 9.47. The van der Waals surface area contributed by atoms with E-state index in [0.29, 0.717) is 6.61 Å². The van der Waals surface area contributed by atoms with Gasteiger partial charge >= 0.3 is 0 Å². The molecule has 3 aromatic carbocycles. The summed E-state index contributed by atoms with van der Waals surface area (Å²) in [5.74, 6) is 0.944. The first-order valence-electron chi connectivity index (χ1n) is 9.47. The normalized spacial score (nSPS) is 16.3. The van der Waals surface area contributed by atoms with Crippen LogP contribution in [0.5, 0.6) is 5.75 Å². The van der Waals surface area contributed by atoms with E-state index in [1.165, 1.54) is 5.56 Å². The molecular weight excluding hydrogens is 332 g/mol. The van der Waals surface area contributed by atoms with E-state index in [2.05, 4.69) is 84.7 Å². The quantitative estimate of drug-likeness (QED) is 0.581. The van der Waals surface area contributed by atoms with E-state index in [1.807, 2.05) is 13.0 Å². The van der Waals surface area contributed by atoms with Gasteiger partial charge < -0.3 is 4.74 Å². The predicted molar refractivity (Wildman–Crippen MR) is 112 cm³/mol. The molecule has 0 spiro atoms. The molecule has 1 aliphatic rings. The third-order valence-electron chi connectivity index (χ3n) is 4.92. The summed E-state index contributed by atoms with van der Waals surface area (Å²) in [6, 6.07) is 27.6. The summed E-state index contributed by atoms with van der Waals surface area (Å²) in [4.78, 5) is 0. The second-order valence-corrected chi connectivity index (χ2v) is 6.77. The average Bonchev–Trinajstić information content (AvgIpc) is 3.16. The van der Waals surface area contributed by atoms with Gasteiger partial charge in [0.1, 0.15) is 5.75 Å². The molecule has 0 saturated heterocycles. The molecule has 0 radical (unpaired) electrons. The summed E-state index contributed by atoms with van der Waals surface area (Å²) in [5.41, 5.74) is 5.81. The van der Waals surface area contributed by atoms with Crippen LogP contribution in [0.4, 0.5) is 5.69 Å². The molecule has 4 rings (SSSR count). The van der Waals surface area contributed by atoms with Crippen LogP contribution in [0.1, 0.15) is 36.1 Å². The number of aryl methyl sites for hydroxylation is 1. The molecule has 1 aliphatic heterocycles. The van der Waals surface area contributed by atoms with Crippen molar-refractivity contribution >= 4 is 11.4 Å². The molecule has 0 aromatic heterocycles. The van der Waals surface area contributed by atoms with Crippen molar-refractivity contribution < 1.29 is 4.74 Å². The zero-order valence-electron chi connectivity index (χ0n) is 15.8. The van der Waals surface area contributed by atoms with Gasteiger partial charge in [0.2, 0.25) is 0 Å². The molecule has 3 heteroatoms. The smallest absolute Gasteiger partial charge is 0.122 e. The molecule has 0 saturated carbocycles. The highest BCUT2D eigenvalue weighted by Gasteiger charge is 2.29. The van der Waals surface area contributed by atoms with Gasteiger partial charge in [-0.25, -0.2) is 0 Å². The van der Waals surface area contributed by atoms with E-state index in [4.69, 9.17) is 9.84 Å². The summed E-state index contributed by atoms with van der Waals surface area (Å²) in [6.07, 6.45) is 0.881. The standard InChI is InChI=1S/C24H24N2O/c1-3-27-24-15-14-20(16-18(24)2)22-17-23(19-10-6-4-7-11-19)26(25-22)21-12-8-5-9-13-21/h4-16,23H,3,17H2,1-2H3. The largest absolute Gasteiger partial charge is 0.494 e. The molecule has 0 aliphatic carbocycles. The zero-order valence-corrected chi connectivity index (χ0v) is 15.8. The first-order chi connectivity index (χ1) is 13.3. The summed E-state index contributed by atoms with van der Waals surface area (Å²) in [5, 5.41) is 7.16. The summed E-state index contributed by atoms with van der Waals surface area (Å²) in [6.45, 7) is 4.78. The second kappa shape index (κ2) is 7.67. The second-order valence-electron chi connectivity index (χ2n) is 6.77. The number of para-hydroxylation sites is 1. The lowest BCUT2D eigenvalue weighted by Gasteiger charge is -2.23. The van der Waals surface area contributed by atoms with Crippen LogP contribution < -0.4 is 9.75 Å². The monoisotopic (exact) mass is 356 g/mol. The molecule has 0 amide bonds. The highest BCUT2D eigenvalue weighted by Crippen LogP contribution is 2.37. The van der Waals surface area contributed by atoms with Crippen molar-refractivity contribution in [1.82, 2.24) is 0 Å². The van der Waals surface area contributed by atoms with Crippen LogP contribution in [0.2, 0.25) is 0 Å². The number of hydrogen-bond acceptors (Lipinski definition) is 3. The summed E-state index contributed by atoms with van der Waals surface area (Å²) >= 11 is 0. The van der Waals surface area contributed by atoms with E-state index in [-0.39, 0.29) is 6.04 Å². The van der Waals surface area contributed by atoms with Crippen molar-refractivity contribution in [2.75, 3.05) is 11.6 Å². The van der Waals surface area contributed by atoms with E-state index in [0.717, 1.165) is 34.7 Å². The van der Waals surface area contributed by atoms with Crippen molar-refractivity contribution in [1.29, 1.82) is 0 Å². The molecule has 3 nitrogen and oxygen atoms in total. The van der Waals surface area contributed by atoms with Gasteiger partial charge in [0.15, 0.2) is 0 Å². The van der Waals surface area contributed by atoms with Crippen molar-refractivity contribution in [2.45, 2.75) is 26.3 Å².